The molecule has 1 aliphatic rings. The third kappa shape index (κ3) is 1.53. The van der Waals surface area contributed by atoms with Gasteiger partial charge in [0, 0.05) is 6.04 Å². The van der Waals surface area contributed by atoms with E-state index < -0.39 is 0 Å². The first-order valence-corrected chi connectivity index (χ1v) is 5.46. The quantitative estimate of drug-likeness (QED) is 0.805. The molecule has 1 aromatic carbocycles. The fourth-order valence-electron chi connectivity index (χ4n) is 2.44. The molecule has 2 heteroatoms. The molecule has 0 heterocycles. The van der Waals surface area contributed by atoms with Crippen LogP contribution in [0.5, 0.6) is 5.75 Å². The van der Waals surface area contributed by atoms with Gasteiger partial charge in [-0.15, -0.1) is 0 Å². The summed E-state index contributed by atoms with van der Waals surface area (Å²) in [4.78, 5) is 0. The number of hydrogen-bond donors (Lipinski definition) is 1. The highest BCUT2D eigenvalue weighted by Crippen LogP contribution is 2.53. The van der Waals surface area contributed by atoms with Crippen molar-refractivity contribution in [2.24, 2.45) is 11.1 Å². The Morgan fingerprint density at radius 3 is 2.53 bits per heavy atom. The largest absolute Gasteiger partial charge is 0.496 e. The highest BCUT2D eigenvalue weighted by molar-refractivity contribution is 5.39. The van der Waals surface area contributed by atoms with Crippen molar-refractivity contribution in [3.63, 3.8) is 0 Å². The summed E-state index contributed by atoms with van der Waals surface area (Å²) in [5.74, 6) is 1.52. The standard InChI is InChI=1S/C13H19NO/c1-13(2)10(8-12(13)14)9-6-4-5-7-11(9)15-3/h4-7,10,12H,8,14H2,1-3H3. The van der Waals surface area contributed by atoms with Crippen LogP contribution in [0.1, 0.15) is 31.7 Å². The van der Waals surface area contributed by atoms with Gasteiger partial charge in [-0.1, -0.05) is 32.0 Å². The molecule has 1 aliphatic carbocycles. The van der Waals surface area contributed by atoms with Crippen molar-refractivity contribution in [1.82, 2.24) is 0 Å². The lowest BCUT2D eigenvalue weighted by Gasteiger charge is -2.51. The molecule has 2 atom stereocenters. The Morgan fingerprint density at radius 1 is 1.33 bits per heavy atom. The zero-order valence-electron chi connectivity index (χ0n) is 9.66. The zero-order valence-corrected chi connectivity index (χ0v) is 9.66. The van der Waals surface area contributed by atoms with Crippen LogP contribution < -0.4 is 10.5 Å². The summed E-state index contributed by atoms with van der Waals surface area (Å²) in [6.45, 7) is 4.47. The normalized spacial score (nSPS) is 28.3. The minimum absolute atomic E-state index is 0.189. The molecule has 0 saturated heterocycles. The lowest BCUT2D eigenvalue weighted by atomic mass is 9.56. The Morgan fingerprint density at radius 2 is 2.00 bits per heavy atom. The second kappa shape index (κ2) is 3.53. The van der Waals surface area contributed by atoms with Crippen molar-refractivity contribution in [3.05, 3.63) is 29.8 Å². The van der Waals surface area contributed by atoms with Crippen LogP contribution in [0.25, 0.3) is 0 Å². The van der Waals surface area contributed by atoms with Crippen molar-refractivity contribution in [1.29, 1.82) is 0 Å². The average molecular weight is 205 g/mol. The van der Waals surface area contributed by atoms with Crippen molar-refractivity contribution in [2.75, 3.05) is 7.11 Å². The molecule has 0 amide bonds. The third-order valence-electron chi connectivity index (χ3n) is 3.86. The molecule has 0 aliphatic heterocycles. The number of hydrogen-bond acceptors (Lipinski definition) is 2. The smallest absolute Gasteiger partial charge is 0.122 e. The predicted octanol–water partition coefficient (Wildman–Crippen LogP) is 2.54. The van der Waals surface area contributed by atoms with Gasteiger partial charge in [-0.05, 0) is 29.4 Å². The molecule has 1 fully saturated rings. The molecular formula is C13H19NO. The van der Waals surface area contributed by atoms with Crippen LogP contribution in [0.3, 0.4) is 0 Å². The summed E-state index contributed by atoms with van der Waals surface area (Å²) in [5, 5.41) is 0. The van der Waals surface area contributed by atoms with Crippen LogP contribution in [0.4, 0.5) is 0 Å². The Balaban J connectivity index is 2.31. The first-order chi connectivity index (χ1) is 7.07. The SMILES string of the molecule is COc1ccccc1C1CC(N)C1(C)C. The molecule has 0 bridgehead atoms. The van der Waals surface area contributed by atoms with E-state index in [-0.39, 0.29) is 5.41 Å². The van der Waals surface area contributed by atoms with Gasteiger partial charge in [0.25, 0.3) is 0 Å². The van der Waals surface area contributed by atoms with E-state index in [4.69, 9.17) is 10.5 Å². The second-order valence-corrected chi connectivity index (χ2v) is 4.96. The van der Waals surface area contributed by atoms with Crippen molar-refractivity contribution in [2.45, 2.75) is 32.2 Å². The number of para-hydroxylation sites is 1. The minimum Gasteiger partial charge on any atom is -0.496 e. The topological polar surface area (TPSA) is 35.2 Å². The summed E-state index contributed by atoms with van der Waals surface area (Å²) < 4.78 is 5.39. The Bertz CT molecular complexity index is 359. The molecule has 2 N–H and O–H groups in total. The van der Waals surface area contributed by atoms with E-state index in [1.807, 2.05) is 12.1 Å². The monoisotopic (exact) mass is 205 g/mol. The summed E-state index contributed by atoms with van der Waals surface area (Å²) in [6, 6.07) is 8.56. The van der Waals surface area contributed by atoms with Gasteiger partial charge in [0.2, 0.25) is 0 Å². The fourth-order valence-corrected chi connectivity index (χ4v) is 2.44. The van der Waals surface area contributed by atoms with E-state index in [1.165, 1.54) is 5.56 Å². The molecule has 2 nitrogen and oxygen atoms in total. The maximum absolute atomic E-state index is 6.03. The molecule has 82 valence electrons. The van der Waals surface area contributed by atoms with Gasteiger partial charge in [-0.25, -0.2) is 0 Å². The van der Waals surface area contributed by atoms with Crippen LogP contribution in [-0.2, 0) is 0 Å². The van der Waals surface area contributed by atoms with Crippen LogP contribution >= 0.6 is 0 Å². The van der Waals surface area contributed by atoms with Gasteiger partial charge in [-0.3, -0.25) is 0 Å². The molecule has 2 rings (SSSR count). The summed E-state index contributed by atoms with van der Waals surface area (Å²) in [5.41, 5.74) is 7.52. The summed E-state index contributed by atoms with van der Waals surface area (Å²) >= 11 is 0. The number of ether oxygens (including phenoxy) is 1. The first-order valence-electron chi connectivity index (χ1n) is 5.46. The van der Waals surface area contributed by atoms with Crippen LogP contribution in [0.2, 0.25) is 0 Å². The van der Waals surface area contributed by atoms with E-state index in [0.29, 0.717) is 12.0 Å². The molecule has 0 spiro atoms. The average Bonchev–Trinajstić information content (AvgIpc) is 2.25. The lowest BCUT2D eigenvalue weighted by molar-refractivity contribution is 0.0963. The van der Waals surface area contributed by atoms with Crippen molar-refractivity contribution in [3.8, 4) is 5.75 Å². The van der Waals surface area contributed by atoms with Gasteiger partial charge in [0.15, 0.2) is 0 Å². The van der Waals surface area contributed by atoms with Gasteiger partial charge < -0.3 is 10.5 Å². The third-order valence-corrected chi connectivity index (χ3v) is 3.86. The van der Waals surface area contributed by atoms with Gasteiger partial charge in [0.1, 0.15) is 5.75 Å². The van der Waals surface area contributed by atoms with Crippen LogP contribution in [0, 0.1) is 5.41 Å². The number of rotatable bonds is 2. The summed E-state index contributed by atoms with van der Waals surface area (Å²) in [7, 11) is 1.73. The highest BCUT2D eigenvalue weighted by atomic mass is 16.5. The first kappa shape index (κ1) is 10.5. The molecular weight excluding hydrogens is 186 g/mol. The zero-order chi connectivity index (χ0) is 11.1. The van der Waals surface area contributed by atoms with E-state index >= 15 is 0 Å². The van der Waals surface area contributed by atoms with E-state index in [0.717, 1.165) is 12.2 Å². The molecule has 15 heavy (non-hydrogen) atoms. The van der Waals surface area contributed by atoms with Crippen LogP contribution in [-0.4, -0.2) is 13.2 Å². The van der Waals surface area contributed by atoms with E-state index in [1.54, 1.807) is 7.11 Å². The summed E-state index contributed by atoms with van der Waals surface area (Å²) in [6.07, 6.45) is 1.06. The predicted molar refractivity (Wildman–Crippen MR) is 62.1 cm³/mol. The highest BCUT2D eigenvalue weighted by Gasteiger charge is 2.47. The minimum atomic E-state index is 0.189. The lowest BCUT2D eigenvalue weighted by Crippen LogP contribution is -2.52. The molecule has 2 unspecified atom stereocenters. The maximum Gasteiger partial charge on any atom is 0.122 e. The number of nitrogens with two attached hydrogens (primary N) is 1. The van der Waals surface area contributed by atoms with Crippen molar-refractivity contribution >= 4 is 0 Å². The second-order valence-electron chi connectivity index (χ2n) is 4.96. The van der Waals surface area contributed by atoms with E-state index in [2.05, 4.69) is 26.0 Å². The van der Waals surface area contributed by atoms with Gasteiger partial charge in [0.05, 0.1) is 7.11 Å². The number of benzene rings is 1. The Kier molecular flexibility index (Phi) is 2.47. The van der Waals surface area contributed by atoms with E-state index in [9.17, 15) is 0 Å². The molecule has 0 radical (unpaired) electrons. The number of methoxy groups -OCH3 is 1. The maximum atomic E-state index is 6.03. The Hall–Kier alpha value is -1.02. The van der Waals surface area contributed by atoms with Gasteiger partial charge in [-0.2, -0.15) is 0 Å². The fraction of sp³-hybridized carbons (Fsp3) is 0.538. The van der Waals surface area contributed by atoms with Crippen molar-refractivity contribution < 1.29 is 4.74 Å². The Labute approximate surface area is 91.4 Å². The molecule has 1 aromatic rings. The molecule has 0 aromatic heterocycles. The molecule has 1 saturated carbocycles. The van der Waals surface area contributed by atoms with Gasteiger partial charge >= 0.3 is 0 Å². The van der Waals surface area contributed by atoms with Crippen LogP contribution in [0.15, 0.2) is 24.3 Å².